The average molecular weight is 528 g/mol. The summed E-state index contributed by atoms with van der Waals surface area (Å²) in [4.78, 5) is 13.1. The maximum Gasteiger partial charge on any atom is 0.226 e. The van der Waals surface area contributed by atoms with E-state index in [1.165, 1.54) is 0 Å². The second-order valence-corrected chi connectivity index (χ2v) is 9.24. The first-order chi connectivity index (χ1) is 14.0. The molecule has 4 N–H and O–H groups in total. The summed E-state index contributed by atoms with van der Waals surface area (Å²) in [5.74, 6) is 0.474. The predicted octanol–water partition coefficient (Wildman–Crippen LogP) is 1.97. The number of aliphatic hydroxyl groups excluding tert-OH is 3. The van der Waals surface area contributed by atoms with E-state index in [2.05, 4.69) is 42.9 Å². The highest BCUT2D eigenvalue weighted by Crippen LogP contribution is 2.67. The number of hydrogen-bond acceptors (Lipinski definition) is 7. The summed E-state index contributed by atoms with van der Waals surface area (Å²) in [7, 11) is 0. The average Bonchev–Trinajstić information content (AvgIpc) is 3.24. The number of fused-ring (bicyclic) bond motifs is 2. The van der Waals surface area contributed by atoms with Crippen LogP contribution >= 0.6 is 34.2 Å². The molecule has 0 aliphatic heterocycles. The highest BCUT2D eigenvalue weighted by atomic mass is 127. The second-order valence-electron chi connectivity index (χ2n) is 7.74. The molecule has 3 aromatic rings. The molecule has 1 aromatic carbocycles. The number of nitrogens with zero attached hydrogens (tertiary/aromatic N) is 4. The van der Waals surface area contributed by atoms with Crippen LogP contribution in [0.3, 0.4) is 0 Å². The Hall–Kier alpha value is -1.53. The summed E-state index contributed by atoms with van der Waals surface area (Å²) >= 11 is 8.47. The van der Waals surface area contributed by atoms with Gasteiger partial charge in [-0.15, -0.1) is 0 Å². The monoisotopic (exact) mass is 527 g/mol. The second kappa shape index (κ2) is 7.02. The van der Waals surface area contributed by atoms with Gasteiger partial charge in [0, 0.05) is 15.5 Å². The van der Waals surface area contributed by atoms with Crippen molar-refractivity contribution in [2.45, 2.75) is 31.2 Å². The number of hydrogen-bond donors (Lipinski definition) is 4. The van der Waals surface area contributed by atoms with Crippen molar-refractivity contribution in [1.82, 2.24) is 19.5 Å². The van der Waals surface area contributed by atoms with E-state index < -0.39 is 23.7 Å². The molecule has 2 aromatic heterocycles. The standard InChI is InChI=1S/C19H19ClIN5O3/c20-18-24-16(22-6-9-3-1-2-4-11(9)21)12-17(25-18)26(8-23-12)13-10-5-19(10,7-27)15(29)14(13)28/h1-4,8,10,13-15,27-29H,5-7H2,(H,22,24,25)/t10-,13-,14+,15+,19+/m1/s1. The van der Waals surface area contributed by atoms with E-state index in [0.717, 1.165) is 9.13 Å². The van der Waals surface area contributed by atoms with Gasteiger partial charge in [0.1, 0.15) is 6.10 Å². The van der Waals surface area contributed by atoms with Gasteiger partial charge in [-0.3, -0.25) is 0 Å². The molecule has 0 spiro atoms. The third-order valence-corrected chi connectivity index (χ3v) is 7.49. The number of imidazole rings is 1. The Morgan fingerprint density at radius 3 is 2.79 bits per heavy atom. The number of anilines is 1. The smallest absolute Gasteiger partial charge is 0.226 e. The summed E-state index contributed by atoms with van der Waals surface area (Å²) in [5, 5.41) is 34.1. The molecule has 0 unspecified atom stereocenters. The molecule has 0 amide bonds. The van der Waals surface area contributed by atoms with Crippen LogP contribution in [0.15, 0.2) is 30.6 Å². The van der Waals surface area contributed by atoms with Crippen molar-refractivity contribution in [2.75, 3.05) is 11.9 Å². The van der Waals surface area contributed by atoms with Crippen LogP contribution < -0.4 is 5.32 Å². The Kier molecular flexibility index (Phi) is 4.70. The molecule has 8 nitrogen and oxygen atoms in total. The topological polar surface area (TPSA) is 116 Å². The molecule has 2 fully saturated rings. The van der Waals surface area contributed by atoms with Crippen molar-refractivity contribution in [2.24, 2.45) is 11.3 Å². The molecule has 0 bridgehead atoms. The molecule has 0 radical (unpaired) electrons. The lowest BCUT2D eigenvalue weighted by molar-refractivity contribution is -0.0300. The summed E-state index contributed by atoms with van der Waals surface area (Å²) < 4.78 is 2.89. The van der Waals surface area contributed by atoms with Gasteiger partial charge < -0.3 is 25.2 Å². The Balaban J connectivity index is 1.50. The first kappa shape index (κ1) is 19.4. The third-order valence-electron chi connectivity index (χ3n) is 6.27. The van der Waals surface area contributed by atoms with Crippen LogP contribution in [0.5, 0.6) is 0 Å². The van der Waals surface area contributed by atoms with Crippen LogP contribution in [-0.2, 0) is 6.54 Å². The third kappa shape index (κ3) is 2.94. The van der Waals surface area contributed by atoms with Crippen molar-refractivity contribution in [1.29, 1.82) is 0 Å². The molecular formula is C19H19ClIN5O3. The van der Waals surface area contributed by atoms with Crippen LogP contribution in [0.1, 0.15) is 18.0 Å². The fourth-order valence-corrected chi connectivity index (χ4v) is 5.34. The summed E-state index contributed by atoms with van der Waals surface area (Å²) in [6, 6.07) is 7.61. The van der Waals surface area contributed by atoms with Gasteiger partial charge >= 0.3 is 0 Å². The molecule has 152 valence electrons. The predicted molar refractivity (Wildman–Crippen MR) is 115 cm³/mol. The molecule has 2 saturated carbocycles. The van der Waals surface area contributed by atoms with Gasteiger partial charge in [-0.2, -0.15) is 9.97 Å². The number of nitrogens with one attached hydrogen (secondary N) is 1. The fraction of sp³-hybridized carbons (Fsp3) is 0.421. The molecule has 5 rings (SSSR count). The number of aliphatic hydroxyl groups is 3. The van der Waals surface area contributed by atoms with Gasteiger partial charge in [0.25, 0.3) is 0 Å². The molecule has 2 aliphatic rings. The van der Waals surface area contributed by atoms with Crippen molar-refractivity contribution in [3.05, 3.63) is 45.0 Å². The molecule has 0 saturated heterocycles. The minimum atomic E-state index is -1.01. The Morgan fingerprint density at radius 2 is 2.07 bits per heavy atom. The number of aromatic nitrogens is 4. The summed E-state index contributed by atoms with van der Waals surface area (Å²) in [6.45, 7) is 0.396. The maximum absolute atomic E-state index is 10.6. The Labute approximate surface area is 185 Å². The van der Waals surface area contributed by atoms with Crippen LogP contribution in [-0.4, -0.2) is 53.7 Å². The SMILES string of the molecule is OC[C@@]12C[C@@H]1[C@@H](n1cnc3c(NCc4ccccc4I)nc(Cl)nc31)[C@H](O)[C@@H]2O. The maximum atomic E-state index is 10.6. The number of benzene rings is 1. The molecule has 29 heavy (non-hydrogen) atoms. The van der Waals surface area contributed by atoms with E-state index >= 15 is 0 Å². The van der Waals surface area contributed by atoms with E-state index in [9.17, 15) is 15.3 Å². The minimum absolute atomic E-state index is 0.0362. The first-order valence-corrected chi connectivity index (χ1v) is 10.8. The van der Waals surface area contributed by atoms with Crippen molar-refractivity contribution >= 4 is 51.2 Å². The molecule has 5 atom stereocenters. The van der Waals surface area contributed by atoms with E-state index in [1.807, 2.05) is 24.3 Å². The highest BCUT2D eigenvalue weighted by molar-refractivity contribution is 14.1. The Bertz CT molecular complexity index is 1090. The lowest BCUT2D eigenvalue weighted by Gasteiger charge is -2.23. The summed E-state index contributed by atoms with van der Waals surface area (Å²) in [5.41, 5.74) is 1.52. The van der Waals surface area contributed by atoms with Gasteiger partial charge in [0.15, 0.2) is 17.0 Å². The summed E-state index contributed by atoms with van der Waals surface area (Å²) in [6.07, 6.45) is 0.270. The fourth-order valence-electron chi connectivity index (χ4n) is 4.60. The van der Waals surface area contributed by atoms with Gasteiger partial charge in [-0.1, -0.05) is 18.2 Å². The zero-order valence-corrected chi connectivity index (χ0v) is 18.1. The first-order valence-electron chi connectivity index (χ1n) is 9.30. The van der Waals surface area contributed by atoms with Gasteiger partial charge in [0.05, 0.1) is 25.1 Å². The normalized spacial score (nSPS) is 30.5. The molecule has 2 aliphatic carbocycles. The van der Waals surface area contributed by atoms with Gasteiger partial charge in [0.2, 0.25) is 5.28 Å². The zero-order valence-electron chi connectivity index (χ0n) is 15.2. The van der Waals surface area contributed by atoms with E-state index in [-0.39, 0.29) is 17.8 Å². The van der Waals surface area contributed by atoms with E-state index in [1.54, 1.807) is 10.9 Å². The molecule has 10 heteroatoms. The minimum Gasteiger partial charge on any atom is -0.396 e. The van der Waals surface area contributed by atoms with Crippen molar-refractivity contribution in [3.8, 4) is 0 Å². The lowest BCUT2D eigenvalue weighted by Crippen LogP contribution is -2.35. The highest BCUT2D eigenvalue weighted by Gasteiger charge is 2.71. The van der Waals surface area contributed by atoms with E-state index in [0.29, 0.717) is 29.9 Å². The quantitative estimate of drug-likeness (QED) is 0.296. The van der Waals surface area contributed by atoms with Crippen molar-refractivity contribution < 1.29 is 15.3 Å². The van der Waals surface area contributed by atoms with Crippen LogP contribution in [0.25, 0.3) is 11.2 Å². The van der Waals surface area contributed by atoms with Crippen LogP contribution in [0.4, 0.5) is 5.82 Å². The van der Waals surface area contributed by atoms with Gasteiger partial charge in [-0.25, -0.2) is 4.98 Å². The van der Waals surface area contributed by atoms with Crippen LogP contribution in [0, 0.1) is 14.9 Å². The van der Waals surface area contributed by atoms with Gasteiger partial charge in [-0.05, 0) is 58.2 Å². The molecular weight excluding hydrogens is 509 g/mol. The zero-order chi connectivity index (χ0) is 20.3. The van der Waals surface area contributed by atoms with Crippen LogP contribution in [0.2, 0.25) is 5.28 Å². The Morgan fingerprint density at radius 1 is 1.28 bits per heavy atom. The largest absolute Gasteiger partial charge is 0.396 e. The number of rotatable bonds is 5. The number of halogens is 2. The lowest BCUT2D eigenvalue weighted by atomic mass is 10.0. The van der Waals surface area contributed by atoms with E-state index in [4.69, 9.17) is 11.6 Å². The molecule has 2 heterocycles. The van der Waals surface area contributed by atoms with Crippen molar-refractivity contribution in [3.63, 3.8) is 0 Å².